The summed E-state index contributed by atoms with van der Waals surface area (Å²) in [5.41, 5.74) is 7.99. The van der Waals surface area contributed by atoms with E-state index < -0.39 is 5.91 Å². The number of benzene rings is 1. The summed E-state index contributed by atoms with van der Waals surface area (Å²) in [7, 11) is 0. The van der Waals surface area contributed by atoms with Gasteiger partial charge in [0, 0.05) is 19.3 Å². The van der Waals surface area contributed by atoms with E-state index in [1.807, 2.05) is 0 Å². The van der Waals surface area contributed by atoms with E-state index in [1.165, 1.54) is 22.6 Å². The van der Waals surface area contributed by atoms with Crippen LogP contribution in [0, 0.1) is 5.82 Å². The van der Waals surface area contributed by atoms with Crippen molar-refractivity contribution in [3.63, 3.8) is 0 Å². The maximum atomic E-state index is 13.2. The molecule has 1 atom stereocenters. The smallest absolute Gasteiger partial charge is 0.278 e. The number of carbonyl (C=O) groups is 1. The molecule has 168 valence electrons. The second-order valence-corrected chi connectivity index (χ2v) is 8.08. The summed E-state index contributed by atoms with van der Waals surface area (Å²) in [4.78, 5) is 31.0. The number of halogens is 1. The first kappa shape index (κ1) is 21.0. The molecule has 3 N–H and O–H groups in total. The van der Waals surface area contributed by atoms with Crippen LogP contribution < -0.4 is 21.2 Å². The summed E-state index contributed by atoms with van der Waals surface area (Å²) in [5, 5.41) is 3.09. The highest BCUT2D eigenvalue weighted by Gasteiger charge is 2.27. The molecule has 4 aromatic rings. The normalized spacial score (nSPS) is 15.8. The average molecular weight is 448 g/mol. The first-order valence-electron chi connectivity index (χ1n) is 10.8. The van der Waals surface area contributed by atoms with E-state index in [4.69, 9.17) is 10.5 Å². The van der Waals surface area contributed by atoms with Crippen LogP contribution in [0.25, 0.3) is 16.7 Å². The van der Waals surface area contributed by atoms with Crippen LogP contribution >= 0.6 is 0 Å². The van der Waals surface area contributed by atoms with Crippen LogP contribution in [-0.4, -0.2) is 28.0 Å². The number of hydrogen-bond donors (Lipinski definition) is 2. The van der Waals surface area contributed by atoms with Crippen LogP contribution in [0.15, 0.2) is 59.5 Å². The van der Waals surface area contributed by atoms with Crippen LogP contribution in [0.5, 0.6) is 0 Å². The number of aromatic nitrogens is 3. The van der Waals surface area contributed by atoms with Gasteiger partial charge in [0.25, 0.3) is 17.1 Å². The van der Waals surface area contributed by atoms with Crippen molar-refractivity contribution in [3.05, 3.63) is 82.0 Å². The number of fused-ring (bicyclic) bond motifs is 2. The van der Waals surface area contributed by atoms with Crippen LogP contribution in [0.4, 0.5) is 10.2 Å². The van der Waals surface area contributed by atoms with Crippen molar-refractivity contribution in [3.8, 4) is 0 Å². The molecule has 0 unspecified atom stereocenters. The second-order valence-electron chi connectivity index (χ2n) is 8.08. The van der Waals surface area contributed by atoms with E-state index in [9.17, 15) is 14.0 Å². The highest BCUT2D eigenvalue weighted by molar-refractivity contribution is 6.00. The summed E-state index contributed by atoms with van der Waals surface area (Å²) in [6, 6.07) is 12.6. The molecular formula is C24H23FN5O3+. The Morgan fingerprint density at radius 1 is 1.27 bits per heavy atom. The fourth-order valence-electron chi connectivity index (χ4n) is 4.14. The van der Waals surface area contributed by atoms with E-state index in [-0.39, 0.29) is 40.8 Å². The molecule has 5 rings (SSSR count). The van der Waals surface area contributed by atoms with Gasteiger partial charge in [0.15, 0.2) is 0 Å². The maximum Gasteiger partial charge on any atom is 0.278 e. The highest BCUT2D eigenvalue weighted by Crippen LogP contribution is 2.18. The largest absolute Gasteiger partial charge is 0.375 e. The summed E-state index contributed by atoms with van der Waals surface area (Å²) < 4.78 is 22.1. The van der Waals surface area contributed by atoms with E-state index in [2.05, 4.69) is 10.3 Å². The Hall–Kier alpha value is -3.85. The minimum Gasteiger partial charge on any atom is -0.375 e. The molecule has 0 bridgehead atoms. The molecule has 8 nitrogen and oxygen atoms in total. The SMILES string of the molecule is Nc1c(C(=O)NCc2ccc(F)cc2)cc2c(=O)n3ccccc3nc2[n+]1C[C@@H]1CCCO1. The third kappa shape index (κ3) is 4.03. The van der Waals surface area contributed by atoms with Crippen molar-refractivity contribution in [2.45, 2.75) is 32.0 Å². The molecule has 9 heteroatoms. The Balaban J connectivity index is 1.60. The first-order chi connectivity index (χ1) is 16.0. The zero-order valence-corrected chi connectivity index (χ0v) is 17.8. The van der Waals surface area contributed by atoms with Gasteiger partial charge in [-0.3, -0.25) is 14.0 Å². The molecule has 1 aromatic carbocycles. The predicted octanol–water partition coefficient (Wildman–Crippen LogP) is 1.97. The van der Waals surface area contributed by atoms with Crippen molar-refractivity contribution in [1.82, 2.24) is 14.7 Å². The van der Waals surface area contributed by atoms with Gasteiger partial charge in [-0.2, -0.15) is 0 Å². The van der Waals surface area contributed by atoms with Crippen molar-refractivity contribution in [1.29, 1.82) is 0 Å². The molecule has 1 saturated heterocycles. The third-order valence-corrected chi connectivity index (χ3v) is 5.88. The molecular weight excluding hydrogens is 425 g/mol. The van der Waals surface area contributed by atoms with E-state index in [0.29, 0.717) is 24.4 Å². The van der Waals surface area contributed by atoms with Gasteiger partial charge >= 0.3 is 0 Å². The van der Waals surface area contributed by atoms with Gasteiger partial charge in [-0.05, 0) is 48.7 Å². The minimum atomic E-state index is -0.433. The number of rotatable bonds is 5. The number of ether oxygens (including phenoxy) is 1. The monoisotopic (exact) mass is 448 g/mol. The lowest BCUT2D eigenvalue weighted by Crippen LogP contribution is -2.46. The zero-order valence-electron chi connectivity index (χ0n) is 17.8. The molecule has 1 fully saturated rings. The van der Waals surface area contributed by atoms with Crippen LogP contribution in [0.1, 0.15) is 28.8 Å². The van der Waals surface area contributed by atoms with Crippen LogP contribution in [-0.2, 0) is 17.8 Å². The molecule has 4 heterocycles. The molecule has 33 heavy (non-hydrogen) atoms. The lowest BCUT2D eigenvalue weighted by atomic mass is 10.1. The summed E-state index contributed by atoms with van der Waals surface area (Å²) in [5.74, 6) is -0.571. The topological polar surface area (TPSA) is 103 Å². The summed E-state index contributed by atoms with van der Waals surface area (Å²) >= 11 is 0. The zero-order chi connectivity index (χ0) is 22.9. The molecule has 1 aliphatic heterocycles. The quantitative estimate of drug-likeness (QED) is 0.359. The van der Waals surface area contributed by atoms with Crippen molar-refractivity contribution >= 4 is 28.4 Å². The third-order valence-electron chi connectivity index (χ3n) is 5.88. The molecule has 0 saturated carbocycles. The predicted molar refractivity (Wildman–Crippen MR) is 120 cm³/mol. The van der Waals surface area contributed by atoms with Crippen LogP contribution in [0.3, 0.4) is 0 Å². The fraction of sp³-hybridized carbons (Fsp3) is 0.250. The number of nitrogens with one attached hydrogen (secondary N) is 1. The van der Waals surface area contributed by atoms with Gasteiger partial charge in [-0.25, -0.2) is 8.96 Å². The van der Waals surface area contributed by atoms with Crippen LogP contribution in [0.2, 0.25) is 0 Å². The molecule has 0 spiro atoms. The Morgan fingerprint density at radius 2 is 2.09 bits per heavy atom. The number of pyridine rings is 2. The first-order valence-corrected chi connectivity index (χ1v) is 10.8. The Kier molecular flexibility index (Phi) is 5.47. The molecule has 0 aliphatic carbocycles. The standard InChI is InChI=1S/C24H22FN5O3/c25-16-8-6-15(7-9-16)13-27-23(31)18-12-19-22(28-20-5-1-2-10-29(20)24(19)32)30(21(18)26)14-17-4-3-11-33-17/h1-2,5-10,12,17,26H,3-4,11,13-14H2,(H,27,31)/p+1/t17-/m0/s1. The Bertz CT molecular complexity index is 1410. The summed E-state index contributed by atoms with van der Waals surface area (Å²) in [6.45, 7) is 1.24. The van der Waals surface area contributed by atoms with Gasteiger partial charge in [0.1, 0.15) is 16.8 Å². The van der Waals surface area contributed by atoms with E-state index in [0.717, 1.165) is 18.4 Å². The van der Waals surface area contributed by atoms with Gasteiger partial charge in [-0.1, -0.05) is 23.2 Å². The number of nitrogens with two attached hydrogens (primary N) is 1. The van der Waals surface area contributed by atoms with Gasteiger partial charge in [0.2, 0.25) is 11.5 Å². The second kappa shape index (κ2) is 8.59. The van der Waals surface area contributed by atoms with Crippen molar-refractivity contribution in [2.24, 2.45) is 0 Å². The van der Waals surface area contributed by atoms with E-state index >= 15 is 0 Å². The van der Waals surface area contributed by atoms with E-state index in [1.54, 1.807) is 41.1 Å². The lowest BCUT2D eigenvalue weighted by molar-refractivity contribution is -0.666. The highest BCUT2D eigenvalue weighted by atomic mass is 19.1. The average Bonchev–Trinajstić information content (AvgIpc) is 3.34. The van der Waals surface area contributed by atoms with Crippen molar-refractivity contribution in [2.75, 3.05) is 12.3 Å². The number of amides is 1. The molecule has 3 aromatic heterocycles. The number of anilines is 1. The lowest BCUT2D eigenvalue weighted by Gasteiger charge is -2.15. The molecule has 1 aliphatic rings. The number of nitrogens with zero attached hydrogens (tertiary/aromatic N) is 3. The Labute approximate surface area is 188 Å². The van der Waals surface area contributed by atoms with Crippen molar-refractivity contribution < 1.29 is 18.5 Å². The van der Waals surface area contributed by atoms with Gasteiger partial charge in [0.05, 0.1) is 12.6 Å². The molecule has 1 amide bonds. The number of nitrogen functional groups attached to an aromatic ring is 1. The number of carbonyl (C=O) groups excluding carboxylic acids is 1. The van der Waals surface area contributed by atoms with Gasteiger partial charge < -0.3 is 15.8 Å². The van der Waals surface area contributed by atoms with Gasteiger partial charge in [-0.15, -0.1) is 0 Å². The Morgan fingerprint density at radius 3 is 2.85 bits per heavy atom. The minimum absolute atomic E-state index is 0.0750. The number of hydrogen-bond acceptors (Lipinski definition) is 5. The fourth-order valence-corrected chi connectivity index (χ4v) is 4.14. The summed E-state index contributed by atoms with van der Waals surface area (Å²) in [6.07, 6.45) is 3.37. The molecule has 0 radical (unpaired) electrons. The maximum absolute atomic E-state index is 13.2.